The van der Waals surface area contributed by atoms with Gasteiger partial charge in [-0.25, -0.2) is 0 Å². The van der Waals surface area contributed by atoms with E-state index in [0.717, 1.165) is 25.8 Å². The summed E-state index contributed by atoms with van der Waals surface area (Å²) in [4.78, 5) is 11.9. The Hall–Kier alpha value is -0.670. The molecular weight excluding hydrogens is 142 g/mol. The number of aliphatic hydroxyl groups is 1. The molecule has 3 heteroatoms. The van der Waals surface area contributed by atoms with Crippen LogP contribution in [0, 0.1) is 0 Å². The standard InChI is InChI=1S/C8H13NO2/c10-7-4-8(11)9-5-2-1-3-6-9/h1-2,7-8,11H,3-6H2. The van der Waals surface area contributed by atoms with E-state index in [0.29, 0.717) is 0 Å². The van der Waals surface area contributed by atoms with Crippen LogP contribution in [-0.4, -0.2) is 35.6 Å². The minimum Gasteiger partial charge on any atom is -0.378 e. The van der Waals surface area contributed by atoms with Crippen molar-refractivity contribution in [3.63, 3.8) is 0 Å². The predicted octanol–water partition coefficient (Wildman–Crippen LogP) is 0.156. The number of rotatable bonds is 3. The molecule has 0 aromatic carbocycles. The third-order valence-electron chi connectivity index (χ3n) is 1.82. The number of nitrogens with zero attached hydrogens (tertiary/aromatic N) is 1. The lowest BCUT2D eigenvalue weighted by Crippen LogP contribution is -2.37. The van der Waals surface area contributed by atoms with Crippen LogP contribution in [0.5, 0.6) is 0 Å². The minimum absolute atomic E-state index is 0.216. The third kappa shape index (κ3) is 2.44. The van der Waals surface area contributed by atoms with Gasteiger partial charge in [0, 0.05) is 19.5 Å². The Morgan fingerprint density at radius 2 is 2.45 bits per heavy atom. The highest BCUT2D eigenvalue weighted by Gasteiger charge is 2.14. The number of aldehydes is 1. The number of aliphatic hydroxyl groups excluding tert-OH is 1. The van der Waals surface area contributed by atoms with Crippen molar-refractivity contribution < 1.29 is 9.90 Å². The van der Waals surface area contributed by atoms with E-state index in [-0.39, 0.29) is 6.42 Å². The molecule has 1 unspecified atom stereocenters. The Labute approximate surface area is 66.3 Å². The first-order valence-electron chi connectivity index (χ1n) is 3.85. The molecule has 0 fully saturated rings. The topological polar surface area (TPSA) is 40.5 Å². The number of carbonyl (C=O) groups is 1. The first-order chi connectivity index (χ1) is 5.34. The molecule has 1 aliphatic rings. The van der Waals surface area contributed by atoms with E-state index in [9.17, 15) is 9.90 Å². The average molecular weight is 155 g/mol. The Kier molecular flexibility index (Phi) is 3.26. The van der Waals surface area contributed by atoms with Crippen molar-refractivity contribution in [3.05, 3.63) is 12.2 Å². The van der Waals surface area contributed by atoms with Gasteiger partial charge in [0.2, 0.25) is 0 Å². The lowest BCUT2D eigenvalue weighted by molar-refractivity contribution is -0.112. The summed E-state index contributed by atoms with van der Waals surface area (Å²) < 4.78 is 0. The molecule has 0 amide bonds. The van der Waals surface area contributed by atoms with Crippen LogP contribution in [0.1, 0.15) is 12.8 Å². The van der Waals surface area contributed by atoms with Gasteiger partial charge in [0.05, 0.1) is 0 Å². The Balaban J connectivity index is 2.33. The van der Waals surface area contributed by atoms with Crippen LogP contribution in [0.4, 0.5) is 0 Å². The van der Waals surface area contributed by atoms with E-state index in [4.69, 9.17) is 0 Å². The first-order valence-corrected chi connectivity index (χ1v) is 3.85. The van der Waals surface area contributed by atoms with Crippen LogP contribution in [0.2, 0.25) is 0 Å². The number of hydrogen-bond donors (Lipinski definition) is 1. The summed E-state index contributed by atoms with van der Waals surface area (Å²) in [6, 6.07) is 0. The highest BCUT2D eigenvalue weighted by molar-refractivity contribution is 5.49. The Morgan fingerprint density at radius 3 is 3.00 bits per heavy atom. The number of carbonyl (C=O) groups excluding carboxylic acids is 1. The van der Waals surface area contributed by atoms with E-state index in [1.165, 1.54) is 0 Å². The van der Waals surface area contributed by atoms with Crippen LogP contribution in [0.25, 0.3) is 0 Å². The van der Waals surface area contributed by atoms with Crippen molar-refractivity contribution in [1.29, 1.82) is 0 Å². The van der Waals surface area contributed by atoms with Crippen molar-refractivity contribution in [2.75, 3.05) is 13.1 Å². The van der Waals surface area contributed by atoms with E-state index in [1.54, 1.807) is 0 Å². The third-order valence-corrected chi connectivity index (χ3v) is 1.82. The van der Waals surface area contributed by atoms with Crippen LogP contribution in [0.15, 0.2) is 12.2 Å². The van der Waals surface area contributed by atoms with Gasteiger partial charge in [-0.05, 0) is 6.42 Å². The molecule has 1 atom stereocenters. The van der Waals surface area contributed by atoms with Gasteiger partial charge in [-0.3, -0.25) is 4.90 Å². The van der Waals surface area contributed by atoms with Crippen molar-refractivity contribution in [3.8, 4) is 0 Å². The summed E-state index contributed by atoms with van der Waals surface area (Å²) in [6.45, 7) is 1.61. The molecule has 0 aliphatic carbocycles. The molecule has 0 bridgehead atoms. The Morgan fingerprint density at radius 1 is 1.64 bits per heavy atom. The normalized spacial score (nSPS) is 21.5. The van der Waals surface area contributed by atoms with Gasteiger partial charge < -0.3 is 9.90 Å². The van der Waals surface area contributed by atoms with Crippen molar-refractivity contribution in [1.82, 2.24) is 4.90 Å². The average Bonchev–Trinajstić information content (AvgIpc) is 2.07. The zero-order valence-corrected chi connectivity index (χ0v) is 6.44. The maximum absolute atomic E-state index is 10.1. The Bertz CT molecular complexity index is 156. The summed E-state index contributed by atoms with van der Waals surface area (Å²) >= 11 is 0. The zero-order valence-electron chi connectivity index (χ0n) is 6.44. The van der Waals surface area contributed by atoms with E-state index in [1.807, 2.05) is 11.0 Å². The molecule has 1 rings (SSSR count). The van der Waals surface area contributed by atoms with E-state index in [2.05, 4.69) is 6.08 Å². The highest BCUT2D eigenvalue weighted by Crippen LogP contribution is 2.05. The molecule has 62 valence electrons. The van der Waals surface area contributed by atoms with E-state index < -0.39 is 6.23 Å². The molecule has 0 aromatic rings. The highest BCUT2D eigenvalue weighted by atomic mass is 16.3. The molecular formula is C8H13NO2. The largest absolute Gasteiger partial charge is 0.378 e. The van der Waals surface area contributed by atoms with Gasteiger partial charge in [0.25, 0.3) is 0 Å². The minimum atomic E-state index is -0.586. The molecule has 1 N–H and O–H groups in total. The zero-order chi connectivity index (χ0) is 8.10. The van der Waals surface area contributed by atoms with Crippen molar-refractivity contribution in [2.45, 2.75) is 19.1 Å². The first kappa shape index (κ1) is 8.43. The fraction of sp³-hybridized carbons (Fsp3) is 0.625. The van der Waals surface area contributed by atoms with Crippen molar-refractivity contribution >= 4 is 6.29 Å². The van der Waals surface area contributed by atoms with Crippen LogP contribution in [-0.2, 0) is 4.79 Å². The van der Waals surface area contributed by atoms with Gasteiger partial charge in [-0.15, -0.1) is 0 Å². The molecule has 0 saturated heterocycles. The summed E-state index contributed by atoms with van der Waals surface area (Å²) in [5.74, 6) is 0. The molecule has 1 heterocycles. The second-order valence-electron chi connectivity index (χ2n) is 2.64. The maximum atomic E-state index is 10.1. The molecule has 0 spiro atoms. The van der Waals surface area contributed by atoms with Crippen LogP contribution >= 0.6 is 0 Å². The number of hydrogen-bond acceptors (Lipinski definition) is 3. The molecule has 0 saturated carbocycles. The van der Waals surface area contributed by atoms with E-state index >= 15 is 0 Å². The van der Waals surface area contributed by atoms with Crippen LogP contribution < -0.4 is 0 Å². The fourth-order valence-electron chi connectivity index (χ4n) is 1.17. The molecule has 3 nitrogen and oxygen atoms in total. The lowest BCUT2D eigenvalue weighted by Gasteiger charge is -2.26. The van der Waals surface area contributed by atoms with Gasteiger partial charge in [0.15, 0.2) is 0 Å². The quantitative estimate of drug-likeness (QED) is 0.466. The maximum Gasteiger partial charge on any atom is 0.123 e. The van der Waals surface area contributed by atoms with Gasteiger partial charge >= 0.3 is 0 Å². The summed E-state index contributed by atoms with van der Waals surface area (Å²) in [7, 11) is 0. The summed E-state index contributed by atoms with van der Waals surface area (Å²) in [5.41, 5.74) is 0. The second kappa shape index (κ2) is 4.26. The fourth-order valence-corrected chi connectivity index (χ4v) is 1.17. The summed E-state index contributed by atoms with van der Waals surface area (Å²) in [6.07, 6.45) is 5.45. The van der Waals surface area contributed by atoms with Crippen LogP contribution in [0.3, 0.4) is 0 Å². The monoisotopic (exact) mass is 155 g/mol. The molecule has 1 aliphatic heterocycles. The van der Waals surface area contributed by atoms with Gasteiger partial charge in [-0.1, -0.05) is 12.2 Å². The summed E-state index contributed by atoms with van der Waals surface area (Å²) in [5, 5.41) is 9.33. The SMILES string of the molecule is O=CCC(O)N1CC=CCC1. The predicted molar refractivity (Wildman–Crippen MR) is 42.0 cm³/mol. The van der Waals surface area contributed by atoms with Crippen molar-refractivity contribution in [2.24, 2.45) is 0 Å². The molecule has 0 radical (unpaired) electrons. The van der Waals surface area contributed by atoms with Gasteiger partial charge in [0.1, 0.15) is 12.5 Å². The second-order valence-corrected chi connectivity index (χ2v) is 2.64. The molecule has 11 heavy (non-hydrogen) atoms. The smallest absolute Gasteiger partial charge is 0.123 e. The van der Waals surface area contributed by atoms with Gasteiger partial charge in [-0.2, -0.15) is 0 Å². The lowest BCUT2D eigenvalue weighted by atomic mass is 10.2. The molecule has 0 aromatic heterocycles.